The summed E-state index contributed by atoms with van der Waals surface area (Å²) in [6.45, 7) is 5.88. The number of nitrogens with zero attached hydrogens (tertiary/aromatic N) is 4. The lowest BCUT2D eigenvalue weighted by atomic mass is 9.94. The smallest absolute Gasteiger partial charge is 0.251 e. The van der Waals surface area contributed by atoms with Gasteiger partial charge in [0, 0.05) is 60.6 Å². The van der Waals surface area contributed by atoms with E-state index < -0.39 is 0 Å². The number of morpholine rings is 1. The summed E-state index contributed by atoms with van der Waals surface area (Å²) in [7, 11) is 0. The van der Waals surface area contributed by atoms with Crippen LogP contribution in [0.25, 0.3) is 22.2 Å². The Morgan fingerprint density at radius 1 is 1.00 bits per heavy atom. The fraction of sp³-hybridized carbons (Fsp3) is 0.406. The number of fused-ring (bicyclic) bond motifs is 1. The van der Waals surface area contributed by atoms with Gasteiger partial charge in [-0.05, 0) is 61.2 Å². The fourth-order valence-corrected chi connectivity index (χ4v) is 6.55. The number of nitrogens with one attached hydrogen (secondary N) is 2. The number of anilines is 1. The van der Waals surface area contributed by atoms with E-state index in [0.717, 1.165) is 80.1 Å². The summed E-state index contributed by atoms with van der Waals surface area (Å²) in [5.41, 5.74) is 5.63. The van der Waals surface area contributed by atoms with Crippen LogP contribution >= 0.6 is 0 Å². The molecular formula is C32H36N6O2. The van der Waals surface area contributed by atoms with Crippen LogP contribution in [-0.4, -0.2) is 71.4 Å². The first kappa shape index (κ1) is 25.2. The van der Waals surface area contributed by atoms with E-state index in [-0.39, 0.29) is 11.9 Å². The molecule has 0 bridgehead atoms. The molecule has 8 heteroatoms. The van der Waals surface area contributed by atoms with Crippen LogP contribution in [0.4, 0.5) is 5.69 Å². The van der Waals surface area contributed by atoms with Crippen molar-refractivity contribution in [3.05, 3.63) is 78.1 Å². The second-order valence-corrected chi connectivity index (χ2v) is 11.3. The summed E-state index contributed by atoms with van der Waals surface area (Å²) in [6.07, 6.45) is 6.46. The van der Waals surface area contributed by atoms with Gasteiger partial charge >= 0.3 is 0 Å². The highest BCUT2D eigenvalue weighted by atomic mass is 16.5. The molecule has 2 N–H and O–H groups in total. The first-order valence-electron chi connectivity index (χ1n) is 14.6. The molecule has 2 aromatic heterocycles. The first-order valence-corrected chi connectivity index (χ1v) is 14.6. The van der Waals surface area contributed by atoms with Crippen molar-refractivity contribution in [3.63, 3.8) is 0 Å². The van der Waals surface area contributed by atoms with Crippen LogP contribution in [0, 0.1) is 5.92 Å². The number of benzene rings is 2. The van der Waals surface area contributed by atoms with Crippen molar-refractivity contribution in [2.45, 2.75) is 37.8 Å². The number of rotatable bonds is 7. The molecule has 2 aliphatic heterocycles. The highest BCUT2D eigenvalue weighted by Crippen LogP contribution is 2.36. The van der Waals surface area contributed by atoms with E-state index in [1.54, 1.807) is 0 Å². The average Bonchev–Trinajstić information content (AvgIpc) is 3.67. The monoisotopic (exact) mass is 536 g/mol. The van der Waals surface area contributed by atoms with Gasteiger partial charge in [0.2, 0.25) is 0 Å². The maximum atomic E-state index is 13.5. The number of aromatic nitrogens is 3. The van der Waals surface area contributed by atoms with Gasteiger partial charge in [0.25, 0.3) is 5.91 Å². The van der Waals surface area contributed by atoms with Gasteiger partial charge in [-0.1, -0.05) is 31.0 Å². The summed E-state index contributed by atoms with van der Waals surface area (Å²) in [4.78, 5) is 23.1. The molecule has 2 saturated heterocycles. The number of hydrogen-bond acceptors (Lipinski definition) is 6. The number of aromatic amines is 1. The molecule has 1 saturated carbocycles. The summed E-state index contributed by atoms with van der Waals surface area (Å²) in [6, 6.07) is 20.9. The molecule has 3 fully saturated rings. The predicted molar refractivity (Wildman–Crippen MR) is 156 cm³/mol. The normalized spacial score (nSPS) is 19.6. The lowest BCUT2D eigenvalue weighted by Crippen LogP contribution is -2.61. The van der Waals surface area contributed by atoms with Crippen molar-refractivity contribution in [3.8, 4) is 11.3 Å². The molecule has 0 unspecified atom stereocenters. The van der Waals surface area contributed by atoms with Crippen LogP contribution in [0.1, 0.15) is 47.8 Å². The van der Waals surface area contributed by atoms with E-state index in [1.807, 2.05) is 42.6 Å². The molecule has 3 aliphatic rings. The Morgan fingerprint density at radius 2 is 1.80 bits per heavy atom. The van der Waals surface area contributed by atoms with Gasteiger partial charge < -0.3 is 15.0 Å². The molecule has 1 atom stereocenters. The molecule has 206 valence electrons. The standard InChI is InChI=1S/C32H36N6O2/c39-32(34-31(22-5-1-2-6-22)29-7-3-4-14-33-29)24-10-13-28-27(19-24)30(36-35-28)23-8-11-25(12-9-23)38-20-26(21-38)37-15-17-40-18-16-37/h3-4,7-14,19,22,26,31H,1-2,5-6,15-18,20-21H2,(H,34,39)(H,35,36)/t31-/m0/s1. The molecule has 7 rings (SSSR count). The highest BCUT2D eigenvalue weighted by Gasteiger charge is 2.33. The highest BCUT2D eigenvalue weighted by molar-refractivity contribution is 6.01. The van der Waals surface area contributed by atoms with Crippen molar-refractivity contribution in [2.24, 2.45) is 5.92 Å². The molecule has 2 aromatic carbocycles. The van der Waals surface area contributed by atoms with E-state index in [0.29, 0.717) is 17.5 Å². The Labute approximate surface area is 234 Å². The molecule has 4 heterocycles. The molecule has 1 amide bonds. The third-order valence-corrected chi connectivity index (χ3v) is 8.92. The van der Waals surface area contributed by atoms with Gasteiger partial charge in [0.1, 0.15) is 0 Å². The van der Waals surface area contributed by atoms with Crippen LogP contribution in [0.15, 0.2) is 66.9 Å². The molecule has 40 heavy (non-hydrogen) atoms. The quantitative estimate of drug-likeness (QED) is 0.353. The summed E-state index contributed by atoms with van der Waals surface area (Å²) >= 11 is 0. The number of carbonyl (C=O) groups excluding carboxylic acids is 1. The van der Waals surface area contributed by atoms with E-state index in [1.165, 1.54) is 18.5 Å². The van der Waals surface area contributed by atoms with Crippen LogP contribution in [0.2, 0.25) is 0 Å². The topological polar surface area (TPSA) is 86.4 Å². The Kier molecular flexibility index (Phi) is 6.95. The Morgan fingerprint density at radius 3 is 2.55 bits per heavy atom. The number of H-pyrrole nitrogens is 1. The summed E-state index contributed by atoms with van der Waals surface area (Å²) in [5.74, 6) is 0.348. The van der Waals surface area contributed by atoms with Crippen LogP contribution in [-0.2, 0) is 4.74 Å². The second kappa shape index (κ2) is 11.0. The number of amides is 1. The first-order chi connectivity index (χ1) is 19.7. The third kappa shape index (κ3) is 4.97. The van der Waals surface area contributed by atoms with Gasteiger partial charge in [0.05, 0.1) is 36.2 Å². The number of pyridine rings is 1. The molecule has 0 spiro atoms. The van der Waals surface area contributed by atoms with Gasteiger partial charge in [0.15, 0.2) is 0 Å². The van der Waals surface area contributed by atoms with E-state index in [4.69, 9.17) is 4.74 Å². The van der Waals surface area contributed by atoms with E-state index in [9.17, 15) is 4.79 Å². The van der Waals surface area contributed by atoms with Crippen LogP contribution in [0.5, 0.6) is 0 Å². The maximum Gasteiger partial charge on any atom is 0.251 e. The average molecular weight is 537 g/mol. The minimum atomic E-state index is -0.0763. The zero-order valence-corrected chi connectivity index (χ0v) is 22.8. The zero-order valence-electron chi connectivity index (χ0n) is 22.8. The lowest BCUT2D eigenvalue weighted by Gasteiger charge is -2.47. The van der Waals surface area contributed by atoms with Crippen molar-refractivity contribution < 1.29 is 9.53 Å². The molecule has 1 aliphatic carbocycles. The van der Waals surface area contributed by atoms with Crippen molar-refractivity contribution in [1.82, 2.24) is 25.4 Å². The van der Waals surface area contributed by atoms with Gasteiger partial charge in [-0.15, -0.1) is 0 Å². The minimum absolute atomic E-state index is 0.0699. The second-order valence-electron chi connectivity index (χ2n) is 11.3. The zero-order chi connectivity index (χ0) is 26.9. The maximum absolute atomic E-state index is 13.5. The Bertz CT molecular complexity index is 1450. The van der Waals surface area contributed by atoms with Gasteiger partial charge in [-0.2, -0.15) is 5.10 Å². The lowest BCUT2D eigenvalue weighted by molar-refractivity contribution is 0.0105. The Hall–Kier alpha value is -3.75. The molecule has 4 aromatic rings. The van der Waals surface area contributed by atoms with Gasteiger partial charge in [-0.25, -0.2) is 0 Å². The van der Waals surface area contributed by atoms with Crippen LogP contribution < -0.4 is 10.2 Å². The number of hydrogen-bond donors (Lipinski definition) is 2. The van der Waals surface area contributed by atoms with Crippen molar-refractivity contribution >= 4 is 22.5 Å². The van der Waals surface area contributed by atoms with E-state index in [2.05, 4.69) is 54.6 Å². The third-order valence-electron chi connectivity index (χ3n) is 8.92. The van der Waals surface area contributed by atoms with Gasteiger partial charge in [-0.3, -0.25) is 19.8 Å². The number of ether oxygens (including phenoxy) is 1. The Balaban J connectivity index is 1.07. The summed E-state index contributed by atoms with van der Waals surface area (Å²) < 4.78 is 5.50. The van der Waals surface area contributed by atoms with E-state index >= 15 is 0 Å². The molecular weight excluding hydrogens is 500 g/mol. The fourth-order valence-electron chi connectivity index (χ4n) is 6.55. The van der Waals surface area contributed by atoms with Crippen molar-refractivity contribution in [1.29, 1.82) is 0 Å². The molecule has 0 radical (unpaired) electrons. The van der Waals surface area contributed by atoms with Crippen molar-refractivity contribution in [2.75, 3.05) is 44.3 Å². The molecule has 8 nitrogen and oxygen atoms in total. The SMILES string of the molecule is O=C(N[C@H](c1ccccn1)C1CCCC1)c1ccc2[nH]nc(-c3ccc(N4CC(N5CCOCC5)C4)cc3)c2c1. The number of carbonyl (C=O) groups is 1. The summed E-state index contributed by atoms with van der Waals surface area (Å²) in [5, 5.41) is 12.0. The minimum Gasteiger partial charge on any atom is -0.379 e. The predicted octanol–water partition coefficient (Wildman–Crippen LogP) is 4.81. The largest absolute Gasteiger partial charge is 0.379 e. The van der Waals surface area contributed by atoms with Crippen LogP contribution in [0.3, 0.4) is 0 Å².